The van der Waals surface area contributed by atoms with E-state index in [1.165, 1.54) is 30.4 Å². The fourth-order valence-electron chi connectivity index (χ4n) is 1.54. The topological polar surface area (TPSA) is 12.9 Å². The average molecular weight is 177 g/mol. The van der Waals surface area contributed by atoms with Gasteiger partial charge in [0.2, 0.25) is 0 Å². The lowest BCUT2D eigenvalue weighted by Crippen LogP contribution is -2.08. The number of rotatable bonds is 1. The lowest BCUT2D eigenvalue weighted by atomic mass is 9.80. The van der Waals surface area contributed by atoms with E-state index in [-0.39, 0.29) is 0 Å². The van der Waals surface area contributed by atoms with E-state index in [2.05, 4.69) is 18.0 Å². The summed E-state index contributed by atoms with van der Waals surface area (Å²) in [4.78, 5) is 4.19. The van der Waals surface area contributed by atoms with Crippen LogP contribution in [0.1, 0.15) is 50.2 Å². The fraction of sp³-hybridized carbons (Fsp3) is 0.583. The van der Waals surface area contributed by atoms with Crippen molar-refractivity contribution in [3.05, 3.63) is 29.6 Å². The average Bonchev–Trinajstić information content (AvgIpc) is 2.05. The van der Waals surface area contributed by atoms with Gasteiger partial charge in [0.05, 0.1) is 0 Å². The summed E-state index contributed by atoms with van der Waals surface area (Å²) in [5.74, 6) is 0.822. The van der Waals surface area contributed by atoms with Crippen LogP contribution in [0, 0.1) is 6.92 Å². The first kappa shape index (κ1) is 10.2. The van der Waals surface area contributed by atoms with Crippen LogP contribution < -0.4 is 0 Å². The third-order valence-corrected chi connectivity index (χ3v) is 2.47. The second kappa shape index (κ2) is 5.00. The molecule has 0 bridgehead atoms. The van der Waals surface area contributed by atoms with Crippen LogP contribution in [0.15, 0.2) is 18.5 Å². The molecule has 1 saturated carbocycles. The summed E-state index contributed by atoms with van der Waals surface area (Å²) < 4.78 is 0. The summed E-state index contributed by atoms with van der Waals surface area (Å²) in [6, 6.07) is 2.26. The van der Waals surface area contributed by atoms with Gasteiger partial charge >= 0.3 is 0 Å². The zero-order valence-electron chi connectivity index (χ0n) is 8.88. The molecule has 1 aliphatic carbocycles. The highest BCUT2D eigenvalue weighted by Gasteiger charge is 2.19. The molecule has 1 aliphatic rings. The molecule has 13 heavy (non-hydrogen) atoms. The van der Waals surface area contributed by atoms with Gasteiger partial charge in [0.15, 0.2) is 0 Å². The smallest absolute Gasteiger partial charge is 0.0302 e. The van der Waals surface area contributed by atoms with Crippen molar-refractivity contribution >= 4 is 0 Å². The van der Waals surface area contributed by atoms with Crippen LogP contribution in [-0.4, -0.2) is 4.98 Å². The second-order valence-electron chi connectivity index (χ2n) is 3.42. The van der Waals surface area contributed by atoms with Crippen molar-refractivity contribution in [2.45, 2.75) is 46.0 Å². The monoisotopic (exact) mass is 177 g/mol. The molecule has 72 valence electrons. The Labute approximate surface area is 81.2 Å². The molecule has 0 atom stereocenters. The molecule has 1 heterocycles. The lowest BCUT2D eigenvalue weighted by Gasteiger charge is -2.25. The zero-order valence-corrected chi connectivity index (χ0v) is 8.88. The summed E-state index contributed by atoms with van der Waals surface area (Å²) in [6.07, 6.45) is 8.06. The number of pyridine rings is 1. The molecule has 1 aromatic rings. The third-order valence-electron chi connectivity index (χ3n) is 2.47. The van der Waals surface area contributed by atoms with E-state index in [0.29, 0.717) is 0 Å². The van der Waals surface area contributed by atoms with Gasteiger partial charge in [-0.25, -0.2) is 0 Å². The Morgan fingerprint density at radius 3 is 2.38 bits per heavy atom. The Balaban J connectivity index is 0.000000396. The first-order valence-corrected chi connectivity index (χ1v) is 5.28. The van der Waals surface area contributed by atoms with E-state index in [0.717, 1.165) is 5.92 Å². The van der Waals surface area contributed by atoms with Gasteiger partial charge in [-0.1, -0.05) is 26.3 Å². The highest BCUT2D eigenvalue weighted by molar-refractivity contribution is 5.21. The summed E-state index contributed by atoms with van der Waals surface area (Å²) in [5.41, 5.74) is 2.73. The molecule has 0 aromatic carbocycles. The zero-order chi connectivity index (χ0) is 9.68. The van der Waals surface area contributed by atoms with Crippen LogP contribution in [0.2, 0.25) is 0 Å². The maximum absolute atomic E-state index is 4.19. The van der Waals surface area contributed by atoms with Gasteiger partial charge in [0.1, 0.15) is 0 Å². The van der Waals surface area contributed by atoms with Crippen molar-refractivity contribution in [3.63, 3.8) is 0 Å². The summed E-state index contributed by atoms with van der Waals surface area (Å²) in [7, 11) is 0. The van der Waals surface area contributed by atoms with Crippen molar-refractivity contribution in [1.29, 1.82) is 0 Å². The van der Waals surface area contributed by atoms with Crippen LogP contribution in [-0.2, 0) is 0 Å². The Bertz CT molecular complexity index is 251. The van der Waals surface area contributed by atoms with Gasteiger partial charge in [0, 0.05) is 12.4 Å². The van der Waals surface area contributed by atoms with Crippen molar-refractivity contribution in [2.75, 3.05) is 0 Å². The predicted molar refractivity (Wildman–Crippen MR) is 56.9 cm³/mol. The van der Waals surface area contributed by atoms with Gasteiger partial charge in [-0.3, -0.25) is 4.98 Å². The Morgan fingerprint density at radius 1 is 1.23 bits per heavy atom. The van der Waals surface area contributed by atoms with E-state index in [4.69, 9.17) is 0 Å². The number of hydrogen-bond acceptors (Lipinski definition) is 1. The molecule has 1 heteroatoms. The summed E-state index contributed by atoms with van der Waals surface area (Å²) in [5, 5.41) is 0. The number of aryl methyl sites for hydroxylation is 1. The van der Waals surface area contributed by atoms with Crippen LogP contribution in [0.5, 0.6) is 0 Å². The first-order valence-electron chi connectivity index (χ1n) is 5.28. The van der Waals surface area contributed by atoms with Crippen molar-refractivity contribution in [3.8, 4) is 0 Å². The Kier molecular flexibility index (Phi) is 3.94. The summed E-state index contributed by atoms with van der Waals surface area (Å²) >= 11 is 0. The molecule has 0 aliphatic heterocycles. The number of aromatic nitrogens is 1. The SMILES string of the molecule is CC.Cc1cncc(C2CCC2)c1. The van der Waals surface area contributed by atoms with Gasteiger partial charge in [-0.2, -0.15) is 0 Å². The third kappa shape index (κ3) is 2.55. The number of hydrogen-bond donors (Lipinski definition) is 0. The lowest BCUT2D eigenvalue weighted by molar-refractivity contribution is 0.418. The van der Waals surface area contributed by atoms with Crippen molar-refractivity contribution in [2.24, 2.45) is 0 Å². The fourth-order valence-corrected chi connectivity index (χ4v) is 1.54. The molecule has 0 unspecified atom stereocenters. The normalized spacial score (nSPS) is 15.6. The molecule has 1 nitrogen and oxygen atoms in total. The standard InChI is InChI=1S/C10H13N.C2H6/c1-8-5-10(7-11-6-8)9-3-2-4-9;1-2/h5-7,9H,2-4H2,1H3;1-2H3. The highest BCUT2D eigenvalue weighted by atomic mass is 14.6. The molecule has 0 radical (unpaired) electrons. The predicted octanol–water partition coefficient (Wildman–Crippen LogP) is 3.68. The molecule has 2 rings (SSSR count). The highest BCUT2D eigenvalue weighted by Crippen LogP contribution is 2.35. The van der Waals surface area contributed by atoms with Gasteiger partial charge < -0.3 is 0 Å². The number of nitrogens with zero attached hydrogens (tertiary/aromatic N) is 1. The van der Waals surface area contributed by atoms with Crippen molar-refractivity contribution in [1.82, 2.24) is 4.98 Å². The molecule has 1 aromatic heterocycles. The maximum Gasteiger partial charge on any atom is 0.0302 e. The molecular formula is C12H19N. The van der Waals surface area contributed by atoms with Crippen molar-refractivity contribution < 1.29 is 0 Å². The minimum atomic E-state index is 0.822. The largest absolute Gasteiger partial charge is 0.264 e. The van der Waals surface area contributed by atoms with E-state index >= 15 is 0 Å². The van der Waals surface area contributed by atoms with Gasteiger partial charge in [-0.05, 0) is 36.8 Å². The van der Waals surface area contributed by atoms with E-state index in [1.807, 2.05) is 26.2 Å². The van der Waals surface area contributed by atoms with E-state index < -0.39 is 0 Å². The maximum atomic E-state index is 4.19. The molecule has 0 saturated heterocycles. The Hall–Kier alpha value is -0.850. The summed E-state index contributed by atoms with van der Waals surface area (Å²) in [6.45, 7) is 6.11. The Morgan fingerprint density at radius 2 is 1.92 bits per heavy atom. The first-order chi connectivity index (χ1) is 6.36. The molecule has 1 fully saturated rings. The second-order valence-corrected chi connectivity index (χ2v) is 3.42. The van der Waals surface area contributed by atoms with E-state index in [1.54, 1.807) is 0 Å². The van der Waals surface area contributed by atoms with Crippen LogP contribution >= 0.6 is 0 Å². The van der Waals surface area contributed by atoms with Crippen LogP contribution in [0.3, 0.4) is 0 Å². The van der Waals surface area contributed by atoms with Crippen LogP contribution in [0.25, 0.3) is 0 Å². The molecule has 0 N–H and O–H groups in total. The van der Waals surface area contributed by atoms with Crippen LogP contribution in [0.4, 0.5) is 0 Å². The van der Waals surface area contributed by atoms with Gasteiger partial charge in [-0.15, -0.1) is 0 Å². The quantitative estimate of drug-likeness (QED) is 0.637. The molecule has 0 amide bonds. The van der Waals surface area contributed by atoms with E-state index in [9.17, 15) is 0 Å². The van der Waals surface area contributed by atoms with Gasteiger partial charge in [0.25, 0.3) is 0 Å². The minimum absolute atomic E-state index is 0.822. The molecule has 0 spiro atoms. The molecular weight excluding hydrogens is 158 g/mol. The minimum Gasteiger partial charge on any atom is -0.264 e.